The average molecular weight is 301 g/mol. The maximum absolute atomic E-state index is 11.1. The maximum atomic E-state index is 11.1. The molecule has 0 bridgehead atoms. The Hall–Kier alpha value is -1.42. The number of carboxylic acid groups (broad SMARTS) is 1. The zero-order valence-corrected chi connectivity index (χ0v) is 13.3. The van der Waals surface area contributed by atoms with Crippen molar-refractivity contribution < 1.29 is 19.4 Å². The summed E-state index contributed by atoms with van der Waals surface area (Å²) >= 11 is 6.23. The van der Waals surface area contributed by atoms with Crippen LogP contribution in [0.25, 0.3) is 0 Å². The van der Waals surface area contributed by atoms with E-state index in [9.17, 15) is 4.79 Å². The van der Waals surface area contributed by atoms with Gasteiger partial charge >= 0.3 is 5.97 Å². The molecule has 1 aromatic rings. The molecule has 0 atom stereocenters. The summed E-state index contributed by atoms with van der Waals surface area (Å²) in [7, 11) is 3.09. The van der Waals surface area contributed by atoms with Gasteiger partial charge in [0.05, 0.1) is 25.7 Å². The van der Waals surface area contributed by atoms with Crippen LogP contribution in [0.5, 0.6) is 11.5 Å². The van der Waals surface area contributed by atoms with Gasteiger partial charge in [0.25, 0.3) is 0 Å². The fraction of sp³-hybridized carbons (Fsp3) is 0.533. The van der Waals surface area contributed by atoms with E-state index >= 15 is 0 Å². The molecule has 0 unspecified atom stereocenters. The lowest BCUT2D eigenvalue weighted by atomic mass is 9.78. The molecule has 1 rings (SSSR count). The number of halogens is 1. The molecule has 0 aliphatic rings. The lowest BCUT2D eigenvalue weighted by molar-refractivity contribution is -0.138. The van der Waals surface area contributed by atoms with Crippen molar-refractivity contribution in [1.29, 1.82) is 0 Å². The first-order chi connectivity index (χ1) is 9.28. The first-order valence-electron chi connectivity index (χ1n) is 6.44. The van der Waals surface area contributed by atoms with Crippen molar-refractivity contribution in [2.75, 3.05) is 14.2 Å². The Morgan fingerprint density at radius 1 is 1.30 bits per heavy atom. The SMILES string of the molecule is CCc1c(C(C)(C)CC(=O)O)cc(Cl)c(OC)c1OC. The maximum Gasteiger partial charge on any atom is 0.304 e. The Labute approximate surface area is 124 Å². The van der Waals surface area contributed by atoms with Gasteiger partial charge < -0.3 is 14.6 Å². The first-order valence-corrected chi connectivity index (χ1v) is 6.81. The topological polar surface area (TPSA) is 55.8 Å². The zero-order valence-electron chi connectivity index (χ0n) is 12.5. The molecule has 20 heavy (non-hydrogen) atoms. The highest BCUT2D eigenvalue weighted by molar-refractivity contribution is 6.32. The second-order valence-electron chi connectivity index (χ2n) is 5.26. The Balaban J connectivity index is 3.55. The highest BCUT2D eigenvalue weighted by Crippen LogP contribution is 2.44. The van der Waals surface area contributed by atoms with Crippen LogP contribution in [0.1, 0.15) is 38.3 Å². The molecule has 0 aliphatic carbocycles. The molecule has 0 aliphatic heterocycles. The van der Waals surface area contributed by atoms with Gasteiger partial charge in [-0.15, -0.1) is 0 Å². The third-order valence-electron chi connectivity index (χ3n) is 3.38. The predicted octanol–water partition coefficient (Wildman–Crippen LogP) is 3.67. The smallest absolute Gasteiger partial charge is 0.304 e. The van der Waals surface area contributed by atoms with E-state index < -0.39 is 11.4 Å². The quantitative estimate of drug-likeness (QED) is 0.871. The molecule has 1 N–H and O–H groups in total. The van der Waals surface area contributed by atoms with Gasteiger partial charge in [-0.2, -0.15) is 0 Å². The molecule has 0 spiro atoms. The number of hydrogen-bond donors (Lipinski definition) is 1. The van der Waals surface area contributed by atoms with E-state index in [4.69, 9.17) is 26.2 Å². The number of ether oxygens (including phenoxy) is 2. The third kappa shape index (κ3) is 3.18. The van der Waals surface area contributed by atoms with E-state index in [0.717, 1.165) is 11.1 Å². The standard InChI is InChI=1S/C15H21ClO4/c1-6-9-10(15(2,3)8-12(17)18)7-11(16)14(20-5)13(9)19-4/h7H,6,8H2,1-5H3,(H,17,18). The number of hydrogen-bond acceptors (Lipinski definition) is 3. The Kier molecular flexibility index (Phi) is 5.28. The number of methoxy groups -OCH3 is 2. The second-order valence-corrected chi connectivity index (χ2v) is 5.67. The van der Waals surface area contributed by atoms with E-state index in [-0.39, 0.29) is 6.42 Å². The summed E-state index contributed by atoms with van der Waals surface area (Å²) in [5.74, 6) is 0.222. The van der Waals surface area contributed by atoms with Gasteiger partial charge in [0, 0.05) is 11.0 Å². The molecule has 0 heterocycles. The molecular weight excluding hydrogens is 280 g/mol. The predicted molar refractivity (Wildman–Crippen MR) is 79.2 cm³/mol. The van der Waals surface area contributed by atoms with Crippen molar-refractivity contribution in [3.05, 3.63) is 22.2 Å². The van der Waals surface area contributed by atoms with Crippen molar-refractivity contribution >= 4 is 17.6 Å². The Bertz CT molecular complexity index is 509. The molecule has 112 valence electrons. The van der Waals surface area contributed by atoms with Crippen molar-refractivity contribution in [2.24, 2.45) is 0 Å². The number of rotatable bonds is 6. The molecule has 4 nitrogen and oxygen atoms in total. The fourth-order valence-corrected chi connectivity index (χ4v) is 2.75. The number of benzene rings is 1. The summed E-state index contributed by atoms with van der Waals surface area (Å²) in [6.45, 7) is 5.77. The molecule has 0 amide bonds. The van der Waals surface area contributed by atoms with Gasteiger partial charge in [-0.05, 0) is 18.1 Å². The molecule has 0 radical (unpaired) electrons. The van der Waals surface area contributed by atoms with Crippen LogP contribution in [0.15, 0.2) is 6.07 Å². The zero-order chi connectivity index (χ0) is 15.5. The van der Waals surface area contributed by atoms with E-state index in [2.05, 4.69) is 0 Å². The average Bonchev–Trinajstić information content (AvgIpc) is 2.35. The van der Waals surface area contributed by atoms with Crippen LogP contribution in [-0.2, 0) is 16.6 Å². The van der Waals surface area contributed by atoms with Crippen molar-refractivity contribution in [2.45, 2.75) is 39.0 Å². The van der Waals surface area contributed by atoms with E-state index in [1.807, 2.05) is 20.8 Å². The van der Waals surface area contributed by atoms with Gasteiger partial charge in [0.1, 0.15) is 0 Å². The molecule has 5 heteroatoms. The number of aliphatic carboxylic acids is 1. The summed E-state index contributed by atoms with van der Waals surface area (Å²) in [4.78, 5) is 11.1. The molecule has 0 fully saturated rings. The van der Waals surface area contributed by atoms with Crippen LogP contribution in [0.3, 0.4) is 0 Å². The largest absolute Gasteiger partial charge is 0.493 e. The number of carboxylic acids is 1. The summed E-state index contributed by atoms with van der Waals surface area (Å²) in [6, 6.07) is 1.78. The summed E-state index contributed by atoms with van der Waals surface area (Å²) < 4.78 is 10.7. The highest BCUT2D eigenvalue weighted by Gasteiger charge is 2.30. The highest BCUT2D eigenvalue weighted by atomic mass is 35.5. The first kappa shape index (κ1) is 16.6. The minimum atomic E-state index is -0.844. The molecule has 0 saturated carbocycles. The molecule has 0 aromatic heterocycles. The van der Waals surface area contributed by atoms with Gasteiger partial charge in [0.2, 0.25) is 0 Å². The number of carbonyl (C=O) groups is 1. The van der Waals surface area contributed by atoms with Crippen molar-refractivity contribution in [3.63, 3.8) is 0 Å². The summed E-state index contributed by atoms with van der Waals surface area (Å²) in [6.07, 6.45) is 0.723. The second kappa shape index (κ2) is 6.35. The van der Waals surface area contributed by atoms with Gasteiger partial charge in [-0.3, -0.25) is 4.79 Å². The van der Waals surface area contributed by atoms with Crippen LogP contribution in [-0.4, -0.2) is 25.3 Å². The van der Waals surface area contributed by atoms with Crippen molar-refractivity contribution in [1.82, 2.24) is 0 Å². The van der Waals surface area contributed by atoms with Gasteiger partial charge in [-0.25, -0.2) is 0 Å². The van der Waals surface area contributed by atoms with Crippen LogP contribution >= 0.6 is 11.6 Å². The molecular formula is C15H21ClO4. The summed E-state index contributed by atoms with van der Waals surface area (Å²) in [5, 5.41) is 9.51. The van der Waals surface area contributed by atoms with Gasteiger partial charge in [-0.1, -0.05) is 32.4 Å². The third-order valence-corrected chi connectivity index (χ3v) is 3.66. The van der Waals surface area contributed by atoms with E-state index in [1.165, 1.54) is 7.11 Å². The lowest BCUT2D eigenvalue weighted by Crippen LogP contribution is -2.23. The minimum absolute atomic E-state index is 0.0197. The summed E-state index contributed by atoms with van der Waals surface area (Å²) in [5.41, 5.74) is 1.27. The molecule has 1 aromatic carbocycles. The molecule has 0 saturated heterocycles. The Morgan fingerprint density at radius 3 is 2.25 bits per heavy atom. The van der Waals surface area contributed by atoms with Crippen LogP contribution in [0, 0.1) is 0 Å². The Morgan fingerprint density at radius 2 is 1.85 bits per heavy atom. The van der Waals surface area contributed by atoms with Gasteiger partial charge in [0.15, 0.2) is 11.5 Å². The van der Waals surface area contributed by atoms with Crippen molar-refractivity contribution in [3.8, 4) is 11.5 Å². The minimum Gasteiger partial charge on any atom is -0.493 e. The van der Waals surface area contributed by atoms with Crippen LogP contribution in [0.4, 0.5) is 0 Å². The lowest BCUT2D eigenvalue weighted by Gasteiger charge is -2.28. The monoisotopic (exact) mass is 300 g/mol. The normalized spacial score (nSPS) is 11.3. The fourth-order valence-electron chi connectivity index (χ4n) is 2.48. The van der Waals surface area contributed by atoms with E-state index in [1.54, 1.807) is 13.2 Å². The van der Waals surface area contributed by atoms with Crippen LogP contribution < -0.4 is 9.47 Å². The van der Waals surface area contributed by atoms with E-state index in [0.29, 0.717) is 22.9 Å². The van der Waals surface area contributed by atoms with Crippen LogP contribution in [0.2, 0.25) is 5.02 Å².